The van der Waals surface area contributed by atoms with Crippen molar-refractivity contribution in [3.05, 3.63) is 30.0 Å². The minimum atomic E-state index is 0.302. The van der Waals surface area contributed by atoms with E-state index in [0.717, 1.165) is 16.6 Å². The summed E-state index contributed by atoms with van der Waals surface area (Å²) in [5.74, 6) is 0.332. The molecule has 0 atom stereocenters. The van der Waals surface area contributed by atoms with Gasteiger partial charge >= 0.3 is 0 Å². The largest absolute Gasteiger partial charge is 0.506 e. The fourth-order valence-corrected chi connectivity index (χ4v) is 2.23. The van der Waals surface area contributed by atoms with Crippen LogP contribution in [0.2, 0.25) is 0 Å². The summed E-state index contributed by atoms with van der Waals surface area (Å²) >= 11 is 0. The number of rotatable bonds is 4. The number of benzene rings is 1. The number of aromatic nitrogens is 1. The molecule has 1 N–H and O–H groups in total. The standard InChI is InChI=1S/C14H19NO2/c1-4-17-9-12-8-11-6-5-7-13(16)14(11)15(12)10(2)3/h5-8,10,16H,4,9H2,1-3H3. The topological polar surface area (TPSA) is 34.4 Å². The first-order valence-electron chi connectivity index (χ1n) is 6.04. The molecule has 0 saturated carbocycles. The molecule has 2 aromatic rings. The van der Waals surface area contributed by atoms with Gasteiger partial charge in [-0.3, -0.25) is 0 Å². The molecule has 2 rings (SSSR count). The molecule has 0 bridgehead atoms. The Hall–Kier alpha value is -1.48. The van der Waals surface area contributed by atoms with Gasteiger partial charge in [-0.15, -0.1) is 0 Å². The second-order valence-corrected chi connectivity index (χ2v) is 4.45. The predicted molar refractivity (Wildman–Crippen MR) is 69.3 cm³/mol. The van der Waals surface area contributed by atoms with Gasteiger partial charge in [0.05, 0.1) is 12.1 Å². The SMILES string of the molecule is CCOCc1cc2cccc(O)c2n1C(C)C. The van der Waals surface area contributed by atoms with Crippen molar-refractivity contribution in [2.45, 2.75) is 33.4 Å². The van der Waals surface area contributed by atoms with Crippen LogP contribution in [0.1, 0.15) is 32.5 Å². The van der Waals surface area contributed by atoms with Crippen molar-refractivity contribution in [1.29, 1.82) is 0 Å². The van der Waals surface area contributed by atoms with Gasteiger partial charge in [0.15, 0.2) is 0 Å². The molecule has 0 spiro atoms. The summed E-state index contributed by atoms with van der Waals surface area (Å²) < 4.78 is 7.62. The third-order valence-electron chi connectivity index (χ3n) is 2.89. The number of fused-ring (bicyclic) bond motifs is 1. The van der Waals surface area contributed by atoms with E-state index in [9.17, 15) is 5.11 Å². The molecule has 3 nitrogen and oxygen atoms in total. The van der Waals surface area contributed by atoms with E-state index < -0.39 is 0 Å². The van der Waals surface area contributed by atoms with Crippen LogP contribution in [0.25, 0.3) is 10.9 Å². The molecule has 3 heteroatoms. The number of phenols is 1. The maximum Gasteiger partial charge on any atom is 0.139 e. The van der Waals surface area contributed by atoms with Gasteiger partial charge < -0.3 is 14.4 Å². The average molecular weight is 233 g/mol. The molecule has 0 amide bonds. The van der Waals surface area contributed by atoms with Gasteiger partial charge in [-0.2, -0.15) is 0 Å². The highest BCUT2D eigenvalue weighted by atomic mass is 16.5. The number of aromatic hydroxyl groups is 1. The lowest BCUT2D eigenvalue weighted by atomic mass is 10.2. The van der Waals surface area contributed by atoms with Crippen LogP contribution in [0.4, 0.5) is 0 Å². The summed E-state index contributed by atoms with van der Waals surface area (Å²) in [6.07, 6.45) is 0. The van der Waals surface area contributed by atoms with Gasteiger partial charge in [0.1, 0.15) is 5.75 Å². The molecular formula is C14H19NO2. The van der Waals surface area contributed by atoms with Gasteiger partial charge in [-0.05, 0) is 32.9 Å². The van der Waals surface area contributed by atoms with Crippen molar-refractivity contribution in [2.24, 2.45) is 0 Å². The van der Waals surface area contributed by atoms with Crippen molar-refractivity contribution < 1.29 is 9.84 Å². The normalized spacial score (nSPS) is 11.5. The molecular weight excluding hydrogens is 214 g/mol. The number of phenolic OH excluding ortho intramolecular Hbond substituents is 1. The third kappa shape index (κ3) is 2.15. The quantitative estimate of drug-likeness (QED) is 0.877. The molecule has 0 aliphatic carbocycles. The predicted octanol–water partition coefficient (Wildman–Crippen LogP) is 3.46. The van der Waals surface area contributed by atoms with Crippen LogP contribution >= 0.6 is 0 Å². The van der Waals surface area contributed by atoms with Crippen LogP contribution in [-0.4, -0.2) is 16.3 Å². The minimum Gasteiger partial charge on any atom is -0.506 e. The summed E-state index contributed by atoms with van der Waals surface area (Å²) in [4.78, 5) is 0. The van der Waals surface area contributed by atoms with Crippen molar-refractivity contribution in [1.82, 2.24) is 4.57 Å². The van der Waals surface area contributed by atoms with Crippen LogP contribution in [0.5, 0.6) is 5.75 Å². The second-order valence-electron chi connectivity index (χ2n) is 4.45. The summed E-state index contributed by atoms with van der Waals surface area (Å²) in [5.41, 5.74) is 2.01. The van der Waals surface area contributed by atoms with Gasteiger partial charge in [-0.25, -0.2) is 0 Å². The lowest BCUT2D eigenvalue weighted by Gasteiger charge is -2.15. The molecule has 0 fully saturated rings. The number of ether oxygens (including phenoxy) is 1. The number of para-hydroxylation sites is 1. The Balaban J connectivity index is 2.59. The summed E-state index contributed by atoms with van der Waals surface area (Å²) in [6, 6.07) is 8.00. The van der Waals surface area contributed by atoms with Crippen LogP contribution in [-0.2, 0) is 11.3 Å². The molecule has 1 aromatic heterocycles. The molecule has 0 saturated heterocycles. The van der Waals surface area contributed by atoms with E-state index in [1.807, 2.05) is 19.1 Å². The Morgan fingerprint density at radius 3 is 2.76 bits per heavy atom. The fraction of sp³-hybridized carbons (Fsp3) is 0.429. The summed E-state index contributed by atoms with van der Waals surface area (Å²) in [6.45, 7) is 7.50. The zero-order valence-electron chi connectivity index (χ0n) is 10.6. The highest BCUT2D eigenvalue weighted by molar-refractivity contribution is 5.86. The zero-order valence-corrected chi connectivity index (χ0v) is 10.6. The molecule has 1 heterocycles. The highest BCUT2D eigenvalue weighted by Gasteiger charge is 2.13. The van der Waals surface area contributed by atoms with Crippen molar-refractivity contribution >= 4 is 10.9 Å². The molecule has 0 unspecified atom stereocenters. The Morgan fingerprint density at radius 2 is 2.12 bits per heavy atom. The number of hydrogen-bond acceptors (Lipinski definition) is 2. The van der Waals surface area contributed by atoms with E-state index in [1.54, 1.807) is 6.07 Å². The first-order chi connectivity index (χ1) is 8.15. The van der Waals surface area contributed by atoms with Gasteiger partial charge in [-0.1, -0.05) is 12.1 Å². The minimum absolute atomic E-state index is 0.302. The highest BCUT2D eigenvalue weighted by Crippen LogP contribution is 2.31. The lowest BCUT2D eigenvalue weighted by molar-refractivity contribution is 0.128. The maximum atomic E-state index is 9.98. The van der Waals surface area contributed by atoms with Crippen molar-refractivity contribution in [3.8, 4) is 5.75 Å². The first kappa shape index (κ1) is 12.0. The average Bonchev–Trinajstić information content (AvgIpc) is 2.66. The lowest BCUT2D eigenvalue weighted by Crippen LogP contribution is -2.06. The Labute approximate surface area is 102 Å². The number of nitrogens with zero attached hydrogens (tertiary/aromatic N) is 1. The zero-order chi connectivity index (χ0) is 12.4. The van der Waals surface area contributed by atoms with Crippen LogP contribution in [0.15, 0.2) is 24.3 Å². The monoisotopic (exact) mass is 233 g/mol. The Morgan fingerprint density at radius 1 is 1.35 bits per heavy atom. The molecule has 1 aromatic carbocycles. The fourth-order valence-electron chi connectivity index (χ4n) is 2.23. The maximum absolute atomic E-state index is 9.98. The summed E-state index contributed by atoms with van der Waals surface area (Å²) in [5, 5.41) is 11.0. The van der Waals surface area contributed by atoms with Crippen molar-refractivity contribution in [3.63, 3.8) is 0 Å². The molecule has 92 valence electrons. The smallest absolute Gasteiger partial charge is 0.139 e. The van der Waals surface area contributed by atoms with E-state index in [2.05, 4.69) is 24.5 Å². The second kappa shape index (κ2) is 4.80. The van der Waals surface area contributed by atoms with E-state index in [4.69, 9.17) is 4.74 Å². The van der Waals surface area contributed by atoms with E-state index in [1.165, 1.54) is 0 Å². The van der Waals surface area contributed by atoms with E-state index >= 15 is 0 Å². The van der Waals surface area contributed by atoms with Crippen LogP contribution in [0.3, 0.4) is 0 Å². The molecule has 0 radical (unpaired) electrons. The van der Waals surface area contributed by atoms with Crippen LogP contribution < -0.4 is 0 Å². The van der Waals surface area contributed by atoms with Gasteiger partial charge in [0, 0.05) is 23.7 Å². The molecule has 0 aliphatic rings. The van der Waals surface area contributed by atoms with E-state index in [-0.39, 0.29) is 0 Å². The van der Waals surface area contributed by atoms with E-state index in [0.29, 0.717) is 25.0 Å². The van der Waals surface area contributed by atoms with Gasteiger partial charge in [0.2, 0.25) is 0 Å². The Bertz CT molecular complexity index is 514. The molecule has 17 heavy (non-hydrogen) atoms. The van der Waals surface area contributed by atoms with Crippen LogP contribution in [0, 0.1) is 0 Å². The third-order valence-corrected chi connectivity index (χ3v) is 2.89. The summed E-state index contributed by atoms with van der Waals surface area (Å²) in [7, 11) is 0. The number of hydrogen-bond donors (Lipinski definition) is 1. The Kier molecular flexibility index (Phi) is 3.38. The molecule has 0 aliphatic heterocycles. The van der Waals surface area contributed by atoms with Crippen molar-refractivity contribution in [2.75, 3.05) is 6.61 Å². The first-order valence-corrected chi connectivity index (χ1v) is 6.04. The van der Waals surface area contributed by atoms with Gasteiger partial charge in [0.25, 0.3) is 0 Å².